The quantitative estimate of drug-likeness (QED) is 0.369. The molecule has 3 unspecified atom stereocenters. The largest absolute Gasteiger partial charge is 0.478 e. The van der Waals surface area contributed by atoms with Gasteiger partial charge in [-0.15, -0.1) is 0 Å². The second kappa shape index (κ2) is 10.2. The summed E-state index contributed by atoms with van der Waals surface area (Å²) in [6, 6.07) is 5.74. The lowest BCUT2D eigenvalue weighted by molar-refractivity contribution is -0.138. The number of ether oxygens (including phenoxy) is 1. The van der Waals surface area contributed by atoms with Crippen LogP contribution in [-0.4, -0.2) is 28.3 Å². The molecule has 0 bridgehead atoms. The summed E-state index contributed by atoms with van der Waals surface area (Å²) in [5.41, 5.74) is 2.06. The molecule has 0 amide bonds. The summed E-state index contributed by atoms with van der Waals surface area (Å²) in [5.74, 6) is -0.426. The van der Waals surface area contributed by atoms with Gasteiger partial charge in [-0.25, -0.2) is 4.79 Å². The van der Waals surface area contributed by atoms with Crippen molar-refractivity contribution in [1.29, 1.82) is 0 Å². The Kier molecular flexibility index (Phi) is 8.00. The third-order valence-corrected chi connectivity index (χ3v) is 5.39. The monoisotopic (exact) mass is 386 g/mol. The van der Waals surface area contributed by atoms with E-state index in [0.717, 1.165) is 30.0 Å². The highest BCUT2D eigenvalue weighted by atomic mass is 16.5. The smallest absolute Gasteiger partial charge is 0.327 e. The van der Waals surface area contributed by atoms with E-state index < -0.39 is 12.1 Å². The van der Waals surface area contributed by atoms with Crippen LogP contribution in [0.2, 0.25) is 0 Å². The summed E-state index contributed by atoms with van der Waals surface area (Å²) in [4.78, 5) is 22.9. The van der Waals surface area contributed by atoms with Crippen LogP contribution in [0.15, 0.2) is 36.4 Å². The maximum Gasteiger partial charge on any atom is 0.327 e. The first-order valence-corrected chi connectivity index (χ1v) is 9.93. The fourth-order valence-corrected chi connectivity index (χ4v) is 3.44. The molecule has 0 fully saturated rings. The van der Waals surface area contributed by atoms with Gasteiger partial charge in [0.2, 0.25) is 0 Å². The van der Waals surface area contributed by atoms with E-state index in [1.54, 1.807) is 0 Å². The zero-order valence-electron chi connectivity index (χ0n) is 16.8. The molecule has 28 heavy (non-hydrogen) atoms. The number of fused-ring (bicyclic) bond motifs is 1. The predicted molar refractivity (Wildman–Crippen MR) is 109 cm³/mol. The highest BCUT2D eigenvalue weighted by Gasteiger charge is 2.28. The van der Waals surface area contributed by atoms with Gasteiger partial charge < -0.3 is 14.9 Å². The normalized spacial score (nSPS) is 20.6. The van der Waals surface area contributed by atoms with Crippen LogP contribution in [0.3, 0.4) is 0 Å². The molecular weight excluding hydrogens is 356 g/mol. The number of aliphatic hydroxyl groups excluding tert-OH is 1. The van der Waals surface area contributed by atoms with Crippen LogP contribution in [0, 0.1) is 11.8 Å². The van der Waals surface area contributed by atoms with Crippen molar-refractivity contribution in [3.8, 4) is 5.75 Å². The molecule has 2 rings (SSSR count). The van der Waals surface area contributed by atoms with E-state index in [9.17, 15) is 14.7 Å². The second-order valence-corrected chi connectivity index (χ2v) is 7.52. The van der Waals surface area contributed by atoms with Gasteiger partial charge in [-0.2, -0.15) is 0 Å². The van der Waals surface area contributed by atoms with Crippen molar-refractivity contribution in [1.82, 2.24) is 0 Å². The summed E-state index contributed by atoms with van der Waals surface area (Å²) in [7, 11) is 0. The standard InChI is InChI=1S/C23H30O5/c1-4-15(2)23(27)28-20-9-5-7-17-12-11-16(3)19(22(17)20)14-13-18(24)8-6-10-21(25)26/h5-7,9-12,15-16,18-19,24H,4,8,13-14H2,1-3H3,(H,25,26)/b10-6-/t15-,16?,18?,19?/m0/s1. The molecule has 0 saturated carbocycles. The van der Waals surface area contributed by atoms with E-state index >= 15 is 0 Å². The Morgan fingerprint density at radius 1 is 1.32 bits per heavy atom. The average molecular weight is 386 g/mol. The number of hydrogen-bond donors (Lipinski definition) is 2. The fraction of sp³-hybridized carbons (Fsp3) is 0.478. The summed E-state index contributed by atoms with van der Waals surface area (Å²) in [5, 5.41) is 18.8. The number of aliphatic hydroxyl groups is 1. The van der Waals surface area contributed by atoms with E-state index in [-0.39, 0.29) is 23.7 Å². The molecule has 0 radical (unpaired) electrons. The summed E-state index contributed by atoms with van der Waals surface area (Å²) in [6.45, 7) is 5.94. The van der Waals surface area contributed by atoms with Gasteiger partial charge in [0.05, 0.1) is 12.0 Å². The number of carboxylic acids is 1. The van der Waals surface area contributed by atoms with Crippen LogP contribution in [0.25, 0.3) is 6.08 Å². The Hall–Kier alpha value is -2.40. The molecule has 4 atom stereocenters. The van der Waals surface area contributed by atoms with Crippen molar-refractivity contribution in [2.75, 3.05) is 0 Å². The molecule has 152 valence electrons. The summed E-state index contributed by atoms with van der Waals surface area (Å²) >= 11 is 0. The number of benzene rings is 1. The van der Waals surface area contributed by atoms with Crippen LogP contribution >= 0.6 is 0 Å². The number of carboxylic acid groups (broad SMARTS) is 1. The minimum Gasteiger partial charge on any atom is -0.478 e. The summed E-state index contributed by atoms with van der Waals surface area (Å²) < 4.78 is 5.73. The average Bonchev–Trinajstić information content (AvgIpc) is 2.66. The molecule has 2 N–H and O–H groups in total. The van der Waals surface area contributed by atoms with Gasteiger partial charge in [0, 0.05) is 11.6 Å². The number of carbonyl (C=O) groups is 2. The molecule has 0 heterocycles. The molecule has 5 nitrogen and oxygen atoms in total. The first-order valence-electron chi connectivity index (χ1n) is 9.93. The Balaban J connectivity index is 2.16. The number of rotatable bonds is 9. The van der Waals surface area contributed by atoms with Crippen LogP contribution in [0.1, 0.15) is 63.5 Å². The van der Waals surface area contributed by atoms with Crippen molar-refractivity contribution < 1.29 is 24.5 Å². The van der Waals surface area contributed by atoms with Crippen molar-refractivity contribution >= 4 is 18.0 Å². The first kappa shape index (κ1) is 21.9. The SMILES string of the molecule is CC[C@H](C)C(=O)Oc1cccc2c1C(CCC(O)C/C=C\C(=O)O)C(C)C=C2. The highest BCUT2D eigenvalue weighted by Crippen LogP contribution is 2.42. The fourth-order valence-electron chi connectivity index (χ4n) is 3.44. The molecule has 1 aromatic carbocycles. The molecule has 1 aliphatic carbocycles. The van der Waals surface area contributed by atoms with Crippen LogP contribution in [-0.2, 0) is 9.59 Å². The van der Waals surface area contributed by atoms with E-state index in [1.165, 1.54) is 6.08 Å². The van der Waals surface area contributed by atoms with Gasteiger partial charge in [0.25, 0.3) is 0 Å². The predicted octanol–water partition coefficient (Wildman–Crippen LogP) is 4.56. The molecule has 0 aromatic heterocycles. The van der Waals surface area contributed by atoms with Gasteiger partial charge in [-0.1, -0.05) is 51.1 Å². The lowest BCUT2D eigenvalue weighted by Gasteiger charge is -2.30. The minimum atomic E-state index is -1.01. The second-order valence-electron chi connectivity index (χ2n) is 7.52. The lowest BCUT2D eigenvalue weighted by atomic mass is 9.77. The third-order valence-electron chi connectivity index (χ3n) is 5.39. The summed E-state index contributed by atoms with van der Waals surface area (Å²) in [6.07, 6.45) is 8.42. The van der Waals surface area contributed by atoms with E-state index in [4.69, 9.17) is 9.84 Å². The Morgan fingerprint density at radius 2 is 2.07 bits per heavy atom. The van der Waals surface area contributed by atoms with Crippen LogP contribution in [0.5, 0.6) is 5.75 Å². The number of carbonyl (C=O) groups excluding carboxylic acids is 1. The van der Waals surface area contributed by atoms with Crippen molar-refractivity contribution in [3.05, 3.63) is 47.6 Å². The van der Waals surface area contributed by atoms with E-state index in [0.29, 0.717) is 18.6 Å². The van der Waals surface area contributed by atoms with Gasteiger partial charge in [-0.3, -0.25) is 4.79 Å². The molecule has 0 spiro atoms. The van der Waals surface area contributed by atoms with Crippen molar-refractivity contribution in [2.45, 2.75) is 58.5 Å². The Labute approximate surface area is 166 Å². The highest BCUT2D eigenvalue weighted by molar-refractivity contribution is 5.79. The zero-order valence-corrected chi connectivity index (χ0v) is 16.8. The maximum atomic E-state index is 12.3. The Bertz CT molecular complexity index is 749. The number of hydrogen-bond acceptors (Lipinski definition) is 4. The van der Waals surface area contributed by atoms with Gasteiger partial charge >= 0.3 is 11.9 Å². The van der Waals surface area contributed by atoms with E-state index in [1.807, 2.05) is 32.0 Å². The zero-order chi connectivity index (χ0) is 20.7. The molecule has 0 saturated heterocycles. The Morgan fingerprint density at radius 3 is 2.75 bits per heavy atom. The third kappa shape index (κ3) is 5.80. The molecule has 1 aliphatic rings. The number of esters is 1. The van der Waals surface area contributed by atoms with E-state index in [2.05, 4.69) is 19.1 Å². The lowest BCUT2D eigenvalue weighted by Crippen LogP contribution is -2.21. The van der Waals surface area contributed by atoms with Gasteiger partial charge in [0.15, 0.2) is 0 Å². The molecule has 1 aromatic rings. The molecular formula is C23H30O5. The van der Waals surface area contributed by atoms with Gasteiger partial charge in [-0.05, 0) is 49.1 Å². The number of allylic oxidation sites excluding steroid dienone is 1. The van der Waals surface area contributed by atoms with Crippen LogP contribution < -0.4 is 4.74 Å². The first-order chi connectivity index (χ1) is 13.3. The van der Waals surface area contributed by atoms with Crippen molar-refractivity contribution in [2.24, 2.45) is 11.8 Å². The number of aliphatic carboxylic acids is 1. The topological polar surface area (TPSA) is 83.8 Å². The molecule has 0 aliphatic heterocycles. The minimum absolute atomic E-state index is 0.124. The molecule has 5 heteroatoms. The van der Waals surface area contributed by atoms with Crippen LogP contribution in [0.4, 0.5) is 0 Å². The van der Waals surface area contributed by atoms with Gasteiger partial charge in [0.1, 0.15) is 5.75 Å². The van der Waals surface area contributed by atoms with Crippen molar-refractivity contribution in [3.63, 3.8) is 0 Å². The maximum absolute atomic E-state index is 12.3.